The summed E-state index contributed by atoms with van der Waals surface area (Å²) in [6.45, 7) is 7.59. The number of esters is 1. The van der Waals surface area contributed by atoms with Crippen molar-refractivity contribution in [3.8, 4) is 0 Å². The largest absolute Gasteiger partial charge is 0.459 e. The van der Waals surface area contributed by atoms with Crippen LogP contribution in [0.5, 0.6) is 0 Å². The lowest BCUT2D eigenvalue weighted by Crippen LogP contribution is -2.23. The minimum atomic E-state index is -1.23. The van der Waals surface area contributed by atoms with Crippen LogP contribution in [0.4, 0.5) is 0 Å². The Morgan fingerprint density at radius 3 is 2.68 bits per heavy atom. The lowest BCUT2D eigenvalue weighted by atomic mass is 9.97. The Balaban J connectivity index is 3.04. The molecule has 1 rings (SSSR count). The summed E-state index contributed by atoms with van der Waals surface area (Å²) >= 11 is 0. The number of carbonyl (C=O) groups excluding carboxylic acids is 1. The molecule has 0 aliphatic carbocycles. The maximum absolute atomic E-state index is 11.8. The summed E-state index contributed by atoms with van der Waals surface area (Å²) in [7, 11) is 1.64. The highest BCUT2D eigenvalue weighted by molar-refractivity contribution is 5.82. The van der Waals surface area contributed by atoms with E-state index in [4.69, 9.17) is 9.47 Å². The zero-order valence-corrected chi connectivity index (χ0v) is 14.2. The molecule has 0 unspecified atom stereocenters. The lowest BCUT2D eigenvalue weighted by Gasteiger charge is -2.21. The van der Waals surface area contributed by atoms with Crippen LogP contribution in [0.2, 0.25) is 0 Å². The number of hydrogen-bond donors (Lipinski definition) is 1. The Hall–Kier alpha value is -1.39. The van der Waals surface area contributed by atoms with E-state index in [1.807, 2.05) is 13.8 Å². The van der Waals surface area contributed by atoms with Gasteiger partial charge in [0, 0.05) is 13.2 Å². The summed E-state index contributed by atoms with van der Waals surface area (Å²) in [6, 6.07) is 0. The van der Waals surface area contributed by atoms with E-state index in [0.29, 0.717) is 0 Å². The van der Waals surface area contributed by atoms with Gasteiger partial charge in [0.25, 0.3) is 0 Å². The van der Waals surface area contributed by atoms with Crippen LogP contribution in [0.25, 0.3) is 0 Å². The smallest absolute Gasteiger partial charge is 0.330 e. The van der Waals surface area contributed by atoms with Gasteiger partial charge in [0.2, 0.25) is 0 Å². The van der Waals surface area contributed by atoms with Crippen molar-refractivity contribution in [2.45, 2.75) is 58.3 Å². The monoisotopic (exact) mass is 308 g/mol. The molecule has 0 radical (unpaired) electrons. The molecular formula is C18H28O4. The lowest BCUT2D eigenvalue weighted by molar-refractivity contribution is -0.144. The van der Waals surface area contributed by atoms with Gasteiger partial charge in [-0.2, -0.15) is 0 Å². The summed E-state index contributed by atoms with van der Waals surface area (Å²) in [5, 5.41) is 10.3. The van der Waals surface area contributed by atoms with Crippen LogP contribution in [-0.2, 0) is 14.3 Å². The summed E-state index contributed by atoms with van der Waals surface area (Å²) < 4.78 is 10.8. The predicted octanol–water partition coefficient (Wildman–Crippen LogP) is 3.17. The minimum absolute atomic E-state index is 0.160. The SMILES string of the molecule is CO[C@H]1/C=C/[C@@](C)(O)/C=C/C(=O)O[C@H](C)[C@@H](C)CC/C=C\1C. The van der Waals surface area contributed by atoms with Gasteiger partial charge in [0.05, 0.1) is 11.7 Å². The average Bonchev–Trinajstić information content (AvgIpc) is 2.44. The van der Waals surface area contributed by atoms with Gasteiger partial charge in [-0.1, -0.05) is 25.2 Å². The van der Waals surface area contributed by atoms with Crippen molar-refractivity contribution >= 4 is 5.97 Å². The molecule has 1 heterocycles. The van der Waals surface area contributed by atoms with Gasteiger partial charge in [-0.25, -0.2) is 4.79 Å². The second kappa shape index (κ2) is 8.30. The van der Waals surface area contributed by atoms with E-state index in [9.17, 15) is 9.90 Å². The molecule has 0 aromatic rings. The van der Waals surface area contributed by atoms with Crippen LogP contribution in [0.3, 0.4) is 0 Å². The highest BCUT2D eigenvalue weighted by Gasteiger charge is 2.18. The van der Waals surface area contributed by atoms with Crippen molar-refractivity contribution in [2.24, 2.45) is 5.92 Å². The molecular weight excluding hydrogens is 280 g/mol. The number of ether oxygens (including phenoxy) is 2. The fraction of sp³-hybridized carbons (Fsp3) is 0.611. The van der Waals surface area contributed by atoms with E-state index in [1.165, 1.54) is 12.2 Å². The first-order chi connectivity index (χ1) is 10.2. The van der Waals surface area contributed by atoms with Crippen molar-refractivity contribution in [1.82, 2.24) is 0 Å². The third-order valence-electron chi connectivity index (χ3n) is 4.06. The number of carbonyl (C=O) groups is 1. The molecule has 0 aromatic carbocycles. The zero-order chi connectivity index (χ0) is 16.8. The predicted molar refractivity (Wildman–Crippen MR) is 87.4 cm³/mol. The van der Waals surface area contributed by atoms with Crippen molar-refractivity contribution < 1.29 is 19.4 Å². The van der Waals surface area contributed by atoms with Crippen LogP contribution in [0.1, 0.15) is 40.5 Å². The highest BCUT2D eigenvalue weighted by Crippen LogP contribution is 2.19. The molecule has 4 atom stereocenters. The molecule has 0 aromatic heterocycles. The molecule has 0 saturated carbocycles. The Morgan fingerprint density at radius 1 is 1.36 bits per heavy atom. The molecule has 0 spiro atoms. The first-order valence-corrected chi connectivity index (χ1v) is 7.76. The highest BCUT2D eigenvalue weighted by atomic mass is 16.5. The van der Waals surface area contributed by atoms with Crippen molar-refractivity contribution in [1.29, 1.82) is 0 Å². The number of allylic oxidation sites excluding steroid dienone is 1. The second-order valence-electron chi connectivity index (χ2n) is 6.22. The third kappa shape index (κ3) is 6.16. The van der Waals surface area contributed by atoms with Crippen molar-refractivity contribution in [2.75, 3.05) is 7.11 Å². The Morgan fingerprint density at radius 2 is 2.05 bits per heavy atom. The Labute approximate surface area is 133 Å². The number of methoxy groups -OCH3 is 1. The van der Waals surface area contributed by atoms with Crippen LogP contribution >= 0.6 is 0 Å². The molecule has 1 N–H and O–H groups in total. The molecule has 4 nitrogen and oxygen atoms in total. The normalized spacial score (nSPS) is 40.0. The number of aliphatic hydroxyl groups is 1. The molecule has 1 aliphatic heterocycles. The zero-order valence-electron chi connectivity index (χ0n) is 14.2. The minimum Gasteiger partial charge on any atom is -0.459 e. The summed E-state index contributed by atoms with van der Waals surface area (Å²) in [5.74, 6) is -0.165. The van der Waals surface area contributed by atoms with Crippen LogP contribution in [0.15, 0.2) is 36.0 Å². The summed E-state index contributed by atoms with van der Waals surface area (Å²) in [5.41, 5.74) is -0.123. The Bertz CT molecular complexity index is 460. The Kier molecular flexibility index (Phi) is 7.04. The van der Waals surface area contributed by atoms with Crippen LogP contribution in [0, 0.1) is 5.92 Å². The molecule has 0 bridgehead atoms. The van der Waals surface area contributed by atoms with E-state index >= 15 is 0 Å². The molecule has 0 saturated heterocycles. The van der Waals surface area contributed by atoms with E-state index in [2.05, 4.69) is 13.0 Å². The van der Waals surface area contributed by atoms with Gasteiger partial charge in [-0.05, 0) is 51.2 Å². The summed E-state index contributed by atoms with van der Waals surface area (Å²) in [6.07, 6.45) is 9.78. The second-order valence-corrected chi connectivity index (χ2v) is 6.22. The van der Waals surface area contributed by atoms with Gasteiger partial charge in [-0.3, -0.25) is 0 Å². The third-order valence-corrected chi connectivity index (χ3v) is 4.06. The fourth-order valence-electron chi connectivity index (χ4n) is 2.25. The number of cyclic esters (lactones) is 1. The molecule has 124 valence electrons. The van der Waals surface area contributed by atoms with Gasteiger partial charge in [0.1, 0.15) is 6.10 Å². The van der Waals surface area contributed by atoms with Gasteiger partial charge in [0.15, 0.2) is 0 Å². The van der Waals surface area contributed by atoms with Gasteiger partial charge < -0.3 is 14.6 Å². The first kappa shape index (κ1) is 18.7. The van der Waals surface area contributed by atoms with Crippen molar-refractivity contribution in [3.05, 3.63) is 36.0 Å². The average molecular weight is 308 g/mol. The number of rotatable bonds is 1. The molecule has 4 heteroatoms. The van der Waals surface area contributed by atoms with E-state index in [0.717, 1.165) is 18.4 Å². The van der Waals surface area contributed by atoms with Gasteiger partial charge in [-0.15, -0.1) is 0 Å². The summed E-state index contributed by atoms with van der Waals surface area (Å²) in [4.78, 5) is 11.8. The van der Waals surface area contributed by atoms with E-state index < -0.39 is 11.6 Å². The number of hydrogen-bond acceptors (Lipinski definition) is 4. The maximum atomic E-state index is 11.8. The molecule has 0 fully saturated rings. The topological polar surface area (TPSA) is 55.8 Å². The first-order valence-electron chi connectivity index (χ1n) is 7.76. The van der Waals surface area contributed by atoms with Crippen molar-refractivity contribution in [3.63, 3.8) is 0 Å². The molecule has 1 aliphatic rings. The van der Waals surface area contributed by atoms with E-state index in [-0.39, 0.29) is 18.1 Å². The molecule has 22 heavy (non-hydrogen) atoms. The quantitative estimate of drug-likeness (QED) is 0.597. The fourth-order valence-corrected chi connectivity index (χ4v) is 2.25. The molecule has 0 amide bonds. The maximum Gasteiger partial charge on any atom is 0.330 e. The van der Waals surface area contributed by atoms with E-state index in [1.54, 1.807) is 26.2 Å². The van der Waals surface area contributed by atoms with Crippen LogP contribution < -0.4 is 0 Å². The van der Waals surface area contributed by atoms with Gasteiger partial charge >= 0.3 is 5.97 Å². The van der Waals surface area contributed by atoms with Crippen LogP contribution in [-0.4, -0.2) is 36.0 Å². The standard InChI is InChI=1S/C18H28O4/c1-13-7-6-8-14(2)16(21-5)9-11-18(4,20)12-10-17(19)22-15(13)3/h8-13,15-16,20H,6-7H2,1-5H3/b11-9+,12-10+,14-8-/t13-,15+,16-,18+/m0/s1.